The van der Waals surface area contributed by atoms with Crippen LogP contribution in [0.3, 0.4) is 0 Å². The van der Waals surface area contributed by atoms with Gasteiger partial charge in [-0.25, -0.2) is 0 Å². The summed E-state index contributed by atoms with van der Waals surface area (Å²) in [5.74, 6) is 1.46. The average molecular weight is 237 g/mol. The van der Waals surface area contributed by atoms with Gasteiger partial charge in [-0.1, -0.05) is 26.0 Å². The Hall–Kier alpha value is -1.06. The Morgan fingerprint density at radius 3 is 2.35 bits per heavy atom. The molecule has 0 spiro atoms. The smallest absolute Gasteiger partial charge is 0.119 e. The van der Waals surface area contributed by atoms with Crippen molar-refractivity contribution in [2.45, 2.75) is 33.4 Å². The molecule has 1 aromatic carbocycles. The number of hydrogen-bond donors (Lipinski definition) is 2. The summed E-state index contributed by atoms with van der Waals surface area (Å²) >= 11 is 0. The van der Waals surface area contributed by atoms with Crippen LogP contribution in [0.25, 0.3) is 0 Å². The van der Waals surface area contributed by atoms with E-state index in [9.17, 15) is 0 Å². The molecule has 0 saturated carbocycles. The first kappa shape index (κ1) is 14.0. The Morgan fingerprint density at radius 2 is 1.82 bits per heavy atom. The van der Waals surface area contributed by atoms with E-state index in [1.165, 1.54) is 5.56 Å². The molecule has 1 aromatic rings. The molecule has 1 rings (SSSR count). The van der Waals surface area contributed by atoms with Crippen molar-refractivity contribution in [3.63, 3.8) is 0 Å². The van der Waals surface area contributed by atoms with Gasteiger partial charge in [-0.15, -0.1) is 0 Å². The maximum Gasteiger partial charge on any atom is 0.119 e. The van der Waals surface area contributed by atoms with Crippen LogP contribution in [0, 0.1) is 5.92 Å². The molecule has 0 aromatic heterocycles. The summed E-state index contributed by atoms with van der Waals surface area (Å²) in [7, 11) is 0. The van der Waals surface area contributed by atoms with Crippen molar-refractivity contribution in [1.82, 2.24) is 5.32 Å². The van der Waals surface area contributed by atoms with Crippen LogP contribution in [0.4, 0.5) is 0 Å². The molecule has 0 aliphatic rings. The summed E-state index contributed by atoms with van der Waals surface area (Å²) in [6.07, 6.45) is 0. The number of rotatable bonds is 7. The predicted octanol–water partition coefficient (Wildman–Crippen LogP) is 2.19. The number of nitrogens with one attached hydrogen (secondary N) is 1. The third-order valence-corrected chi connectivity index (χ3v) is 2.44. The molecule has 96 valence electrons. The lowest BCUT2D eigenvalue weighted by atomic mass is 10.2. The number of aliphatic hydroxyl groups is 1. The van der Waals surface area contributed by atoms with Crippen molar-refractivity contribution in [3.05, 3.63) is 29.8 Å². The Kier molecular flexibility index (Phi) is 6.01. The van der Waals surface area contributed by atoms with Gasteiger partial charge in [0, 0.05) is 12.6 Å². The summed E-state index contributed by atoms with van der Waals surface area (Å²) in [5, 5.41) is 12.1. The zero-order chi connectivity index (χ0) is 12.7. The van der Waals surface area contributed by atoms with Crippen LogP contribution in [-0.4, -0.2) is 24.4 Å². The normalized spacial score (nSPS) is 12.8. The highest BCUT2D eigenvalue weighted by Crippen LogP contribution is 2.13. The molecule has 0 aliphatic carbocycles. The highest BCUT2D eigenvalue weighted by atomic mass is 16.5. The van der Waals surface area contributed by atoms with Gasteiger partial charge in [0.1, 0.15) is 5.75 Å². The highest BCUT2D eigenvalue weighted by Gasteiger charge is 2.00. The van der Waals surface area contributed by atoms with Gasteiger partial charge in [-0.2, -0.15) is 0 Å². The van der Waals surface area contributed by atoms with E-state index < -0.39 is 0 Å². The van der Waals surface area contributed by atoms with Crippen LogP contribution in [0.15, 0.2) is 24.3 Å². The summed E-state index contributed by atoms with van der Waals surface area (Å²) in [6, 6.07) is 8.21. The second-order valence-electron chi connectivity index (χ2n) is 4.81. The van der Waals surface area contributed by atoms with Crippen LogP contribution >= 0.6 is 0 Å². The maximum absolute atomic E-state index is 8.90. The molecule has 0 fully saturated rings. The summed E-state index contributed by atoms with van der Waals surface area (Å²) < 4.78 is 5.61. The second kappa shape index (κ2) is 7.30. The molecule has 0 saturated heterocycles. The Bertz CT molecular complexity index is 309. The van der Waals surface area contributed by atoms with E-state index in [4.69, 9.17) is 9.84 Å². The molecule has 0 unspecified atom stereocenters. The first-order valence-corrected chi connectivity index (χ1v) is 6.17. The number of hydrogen-bond acceptors (Lipinski definition) is 3. The molecule has 1 atom stereocenters. The standard InChI is InChI=1S/C14H23NO2/c1-11(2)10-17-14-6-4-13(5-7-14)8-15-12(3)9-16/h4-7,11-12,15-16H,8-10H2,1-3H3/t12-/m1/s1. The van der Waals surface area contributed by atoms with E-state index in [1.54, 1.807) is 0 Å². The SMILES string of the molecule is CC(C)COc1ccc(CN[C@H](C)CO)cc1. The van der Waals surface area contributed by atoms with E-state index >= 15 is 0 Å². The molecule has 17 heavy (non-hydrogen) atoms. The van der Waals surface area contributed by atoms with Crippen molar-refractivity contribution in [2.24, 2.45) is 5.92 Å². The van der Waals surface area contributed by atoms with Gasteiger partial charge in [-0.05, 0) is 30.5 Å². The Labute approximate surface area is 104 Å². The molecular weight excluding hydrogens is 214 g/mol. The number of ether oxygens (including phenoxy) is 1. The minimum Gasteiger partial charge on any atom is -0.493 e. The van der Waals surface area contributed by atoms with Gasteiger partial charge < -0.3 is 15.2 Å². The van der Waals surface area contributed by atoms with Crippen LogP contribution in [-0.2, 0) is 6.54 Å². The van der Waals surface area contributed by atoms with E-state index in [0.717, 1.165) is 18.9 Å². The Morgan fingerprint density at radius 1 is 1.18 bits per heavy atom. The van der Waals surface area contributed by atoms with Crippen LogP contribution in [0.5, 0.6) is 5.75 Å². The molecule has 3 nitrogen and oxygen atoms in total. The van der Waals surface area contributed by atoms with Gasteiger partial charge in [0.25, 0.3) is 0 Å². The minimum absolute atomic E-state index is 0.131. The van der Waals surface area contributed by atoms with E-state index in [1.807, 2.05) is 31.2 Å². The lowest BCUT2D eigenvalue weighted by Crippen LogP contribution is -2.28. The Balaban J connectivity index is 2.39. The first-order valence-electron chi connectivity index (χ1n) is 6.17. The molecule has 2 N–H and O–H groups in total. The number of benzene rings is 1. The van der Waals surface area contributed by atoms with Crippen molar-refractivity contribution >= 4 is 0 Å². The minimum atomic E-state index is 0.131. The fraction of sp³-hybridized carbons (Fsp3) is 0.571. The van der Waals surface area contributed by atoms with Gasteiger partial charge in [0.05, 0.1) is 13.2 Å². The van der Waals surface area contributed by atoms with Gasteiger partial charge in [-0.3, -0.25) is 0 Å². The molecule has 0 amide bonds. The molecular formula is C14H23NO2. The largest absolute Gasteiger partial charge is 0.493 e. The molecule has 0 heterocycles. The van der Waals surface area contributed by atoms with Crippen LogP contribution in [0.1, 0.15) is 26.3 Å². The zero-order valence-corrected chi connectivity index (χ0v) is 10.9. The van der Waals surface area contributed by atoms with Crippen molar-refractivity contribution in [1.29, 1.82) is 0 Å². The molecule has 0 radical (unpaired) electrons. The summed E-state index contributed by atoms with van der Waals surface area (Å²) in [5.41, 5.74) is 1.20. The van der Waals surface area contributed by atoms with Gasteiger partial charge in [0.15, 0.2) is 0 Å². The quantitative estimate of drug-likeness (QED) is 0.764. The summed E-state index contributed by atoms with van der Waals surface area (Å²) in [4.78, 5) is 0. The van der Waals surface area contributed by atoms with Gasteiger partial charge >= 0.3 is 0 Å². The maximum atomic E-state index is 8.90. The first-order chi connectivity index (χ1) is 8.11. The van der Waals surface area contributed by atoms with Crippen LogP contribution in [0.2, 0.25) is 0 Å². The van der Waals surface area contributed by atoms with Crippen molar-refractivity contribution in [3.8, 4) is 5.75 Å². The van der Waals surface area contributed by atoms with Crippen molar-refractivity contribution < 1.29 is 9.84 Å². The predicted molar refractivity (Wildman–Crippen MR) is 70.2 cm³/mol. The van der Waals surface area contributed by atoms with E-state index in [-0.39, 0.29) is 12.6 Å². The lowest BCUT2D eigenvalue weighted by Gasteiger charge is -2.12. The molecule has 0 aliphatic heterocycles. The lowest BCUT2D eigenvalue weighted by molar-refractivity contribution is 0.251. The fourth-order valence-electron chi connectivity index (χ4n) is 1.32. The van der Waals surface area contributed by atoms with Gasteiger partial charge in [0.2, 0.25) is 0 Å². The summed E-state index contributed by atoms with van der Waals surface area (Å²) in [6.45, 7) is 7.91. The fourth-order valence-corrected chi connectivity index (χ4v) is 1.32. The van der Waals surface area contributed by atoms with Crippen LogP contribution < -0.4 is 10.1 Å². The monoisotopic (exact) mass is 237 g/mol. The molecule has 0 bridgehead atoms. The third-order valence-electron chi connectivity index (χ3n) is 2.44. The zero-order valence-electron chi connectivity index (χ0n) is 10.9. The topological polar surface area (TPSA) is 41.5 Å². The van der Waals surface area contributed by atoms with Crippen molar-refractivity contribution in [2.75, 3.05) is 13.2 Å². The molecule has 3 heteroatoms. The van der Waals surface area contributed by atoms with E-state index in [0.29, 0.717) is 5.92 Å². The second-order valence-corrected chi connectivity index (χ2v) is 4.81. The highest BCUT2D eigenvalue weighted by molar-refractivity contribution is 5.27. The average Bonchev–Trinajstić information content (AvgIpc) is 2.34. The third kappa shape index (κ3) is 5.71. The number of aliphatic hydroxyl groups excluding tert-OH is 1. The van der Waals surface area contributed by atoms with E-state index in [2.05, 4.69) is 19.2 Å².